The molecule has 60 heavy (non-hydrogen) atoms. The maximum absolute atomic E-state index is 13.4. The zero-order valence-corrected chi connectivity index (χ0v) is 35.5. The molecule has 2 aromatic rings. The summed E-state index contributed by atoms with van der Waals surface area (Å²) in [5, 5.41) is 0. The van der Waals surface area contributed by atoms with Crippen LogP contribution >= 0.6 is 22.7 Å². The molecule has 10 nitrogen and oxygen atoms in total. The second kappa shape index (κ2) is 13.9. The van der Waals surface area contributed by atoms with E-state index < -0.39 is 34.8 Å². The standard InChI is InChI=1S/C48H42N4O6S2/c1-25-31(43(53)51(5)45(55)39(25)49-3)21-29-23-35-41(59-29)33-17-27-20-38-34(18-28(27)19-37(33)57-47(35)13-9-7-10-14-47)42-36(48(58-38)15-11-8-12-16-48)24-30(60-42)22-32-26(2)40(50-4)46(56)52(6)44(32)54/h17-24,27-28H,7-16H2,1-2,5-6H3/b31-21-,32-22+. The maximum Gasteiger partial charge on any atom is 0.259 e. The smallest absolute Gasteiger partial charge is 0.259 e. The van der Waals surface area contributed by atoms with Gasteiger partial charge in [-0.1, -0.05) is 25.0 Å². The van der Waals surface area contributed by atoms with E-state index in [9.17, 15) is 19.2 Å². The Morgan fingerprint density at radius 3 is 1.37 bits per heavy atom. The number of amides is 4. The van der Waals surface area contributed by atoms with Gasteiger partial charge in [-0.2, -0.15) is 0 Å². The lowest BCUT2D eigenvalue weighted by Gasteiger charge is -2.46. The largest absolute Gasteiger partial charge is 0.482 e. The number of fused-ring (bicyclic) bond motifs is 9. The highest BCUT2D eigenvalue weighted by Gasteiger charge is 2.49. The van der Waals surface area contributed by atoms with E-state index in [0.29, 0.717) is 22.3 Å². The minimum absolute atomic E-state index is 0.00533. The van der Waals surface area contributed by atoms with Crippen LogP contribution in [-0.2, 0) is 39.9 Å². The van der Waals surface area contributed by atoms with Crippen molar-refractivity contribution in [2.75, 3.05) is 14.1 Å². The van der Waals surface area contributed by atoms with Crippen LogP contribution in [0.3, 0.4) is 0 Å². The van der Waals surface area contributed by atoms with Crippen LogP contribution in [0.5, 0.6) is 0 Å². The van der Waals surface area contributed by atoms with Crippen LogP contribution < -0.4 is 0 Å². The van der Waals surface area contributed by atoms with Gasteiger partial charge in [0.2, 0.25) is 0 Å². The molecule has 8 aliphatic rings. The first-order chi connectivity index (χ1) is 28.9. The minimum Gasteiger partial charge on any atom is -0.482 e. The SMILES string of the molecule is [C-]#[N+]C1=C(C)/C(=C/c2cc3c(s2)C2=CC4C=C5OC6(CCCCC6)c6cc(/C=C7/C(=O)N(C)C(=O)C([N+]#[C-])=C7C)sc6C5=CC4C=C2OC32CCCCC2)C(=O)N(C)C1=O. The van der Waals surface area contributed by atoms with E-state index >= 15 is 0 Å². The van der Waals surface area contributed by atoms with Gasteiger partial charge in [0.25, 0.3) is 35.0 Å². The zero-order valence-electron chi connectivity index (χ0n) is 33.9. The van der Waals surface area contributed by atoms with E-state index in [1.807, 2.05) is 12.2 Å². The monoisotopic (exact) mass is 834 g/mol. The lowest BCUT2D eigenvalue weighted by Crippen LogP contribution is -2.39. The molecule has 0 aromatic carbocycles. The number of ether oxygens (including phenoxy) is 2. The summed E-state index contributed by atoms with van der Waals surface area (Å²) in [4.78, 5) is 65.3. The van der Waals surface area contributed by atoms with Gasteiger partial charge >= 0.3 is 0 Å². The van der Waals surface area contributed by atoms with E-state index in [1.54, 1.807) is 36.5 Å². The number of thiophene rings is 2. The van der Waals surface area contributed by atoms with Crippen LogP contribution in [0.25, 0.3) is 33.0 Å². The summed E-state index contributed by atoms with van der Waals surface area (Å²) in [6.45, 7) is 18.6. The van der Waals surface area contributed by atoms with Crippen molar-refractivity contribution < 1.29 is 28.7 Å². The Bertz CT molecular complexity index is 2550. The molecule has 0 saturated heterocycles. The number of rotatable bonds is 2. The number of carbonyl (C=O) groups is 4. The molecule has 4 aliphatic carbocycles. The predicted octanol–water partition coefficient (Wildman–Crippen LogP) is 9.83. The normalized spacial score (nSPS) is 26.6. The van der Waals surface area contributed by atoms with Crippen molar-refractivity contribution in [1.29, 1.82) is 0 Å². The van der Waals surface area contributed by atoms with Gasteiger partial charge in [0.05, 0.1) is 13.1 Å². The Balaban J connectivity index is 1.07. The third-order valence-corrected chi connectivity index (χ3v) is 15.9. The molecule has 2 aromatic heterocycles. The van der Waals surface area contributed by atoms with Gasteiger partial charge in [-0.25, -0.2) is 9.69 Å². The third-order valence-electron chi connectivity index (χ3n) is 13.7. The molecule has 0 N–H and O–H groups in total. The fourth-order valence-electron chi connectivity index (χ4n) is 10.4. The highest BCUT2D eigenvalue weighted by atomic mass is 32.1. The number of likely N-dealkylation sites (N-methyl/N-ethyl adjacent to an activating group) is 2. The van der Waals surface area contributed by atoms with Crippen molar-refractivity contribution in [3.8, 4) is 0 Å². The molecule has 302 valence electrons. The second-order valence-corrected chi connectivity index (χ2v) is 19.3. The molecule has 4 amide bonds. The quantitative estimate of drug-likeness (QED) is 0.170. The van der Waals surface area contributed by atoms with E-state index in [1.165, 1.54) is 14.1 Å². The Morgan fingerprint density at radius 2 is 1.00 bits per heavy atom. The number of allylic oxidation sites excluding steroid dienone is 6. The Kier molecular flexibility index (Phi) is 8.87. The van der Waals surface area contributed by atoms with Gasteiger partial charge < -0.3 is 9.47 Å². The summed E-state index contributed by atoms with van der Waals surface area (Å²) >= 11 is 3.26. The summed E-state index contributed by atoms with van der Waals surface area (Å²) in [6.07, 6.45) is 22.9. The van der Waals surface area contributed by atoms with Gasteiger partial charge in [0.15, 0.2) is 0 Å². The molecule has 2 atom stereocenters. The van der Waals surface area contributed by atoms with Gasteiger partial charge in [-0.05, 0) is 113 Å². The Labute approximate surface area is 356 Å². The first-order valence-electron chi connectivity index (χ1n) is 20.7. The van der Waals surface area contributed by atoms with E-state index in [4.69, 9.17) is 22.6 Å². The molecule has 2 saturated carbocycles. The van der Waals surface area contributed by atoms with E-state index in [2.05, 4.69) is 46.1 Å². The molecule has 0 bridgehead atoms. The summed E-state index contributed by atoms with van der Waals surface area (Å²) in [6, 6.07) is 4.32. The van der Waals surface area contributed by atoms with Crippen LogP contribution in [0, 0.1) is 25.0 Å². The summed E-state index contributed by atoms with van der Waals surface area (Å²) in [5.41, 5.74) is 4.83. The van der Waals surface area contributed by atoms with E-state index in [-0.39, 0.29) is 23.2 Å². The lowest BCUT2D eigenvalue weighted by atomic mass is 9.72. The highest BCUT2D eigenvalue weighted by Crippen LogP contribution is 2.59. The van der Waals surface area contributed by atoms with Crippen molar-refractivity contribution in [3.05, 3.63) is 135 Å². The second-order valence-electron chi connectivity index (χ2n) is 17.1. The average molecular weight is 835 g/mol. The third kappa shape index (κ3) is 5.60. The fraction of sp³-hybridized carbons (Fsp3) is 0.375. The van der Waals surface area contributed by atoms with Gasteiger partial charge in [0, 0.05) is 78.9 Å². The topological polar surface area (TPSA) is 102 Å². The first-order valence-corrected chi connectivity index (χ1v) is 22.3. The molecular formula is C48H42N4O6S2. The summed E-state index contributed by atoms with van der Waals surface area (Å²) in [7, 11) is 2.85. The number of imide groups is 2. The number of carbonyl (C=O) groups excluding carboxylic acids is 4. The molecule has 2 unspecified atom stereocenters. The molecule has 0 radical (unpaired) electrons. The van der Waals surface area contributed by atoms with Crippen LogP contribution in [0.4, 0.5) is 0 Å². The van der Waals surface area contributed by atoms with Crippen molar-refractivity contribution in [1.82, 2.24) is 9.80 Å². The molecular weight excluding hydrogens is 793 g/mol. The molecule has 10 rings (SSSR count). The first kappa shape index (κ1) is 38.4. The van der Waals surface area contributed by atoms with Gasteiger partial charge in [-0.3, -0.25) is 29.0 Å². The average Bonchev–Trinajstić information content (AvgIpc) is 3.89. The van der Waals surface area contributed by atoms with Crippen LogP contribution in [0.2, 0.25) is 0 Å². The molecule has 6 heterocycles. The molecule has 2 spiro atoms. The summed E-state index contributed by atoms with van der Waals surface area (Å²) in [5.74, 6) is -0.218. The molecule has 4 aliphatic heterocycles. The number of hydrogen-bond donors (Lipinski definition) is 0. The zero-order chi connectivity index (χ0) is 41.8. The van der Waals surface area contributed by atoms with Crippen LogP contribution in [0.15, 0.2) is 81.6 Å². The Morgan fingerprint density at radius 1 is 0.617 bits per heavy atom. The number of nitrogens with zero attached hydrogens (tertiary/aromatic N) is 4. The molecule has 2 fully saturated rings. The van der Waals surface area contributed by atoms with Gasteiger partial charge in [0.1, 0.15) is 22.7 Å². The molecule has 12 heteroatoms. The fourth-order valence-corrected chi connectivity index (χ4v) is 12.8. The highest BCUT2D eigenvalue weighted by molar-refractivity contribution is 7.14. The minimum atomic E-state index is -0.573. The Hall–Kier alpha value is -5.82. The van der Waals surface area contributed by atoms with Gasteiger partial charge in [-0.15, -0.1) is 22.7 Å². The van der Waals surface area contributed by atoms with Crippen LogP contribution in [-0.4, -0.2) is 47.5 Å². The summed E-state index contributed by atoms with van der Waals surface area (Å²) < 4.78 is 14.4. The van der Waals surface area contributed by atoms with Crippen molar-refractivity contribution in [2.45, 2.75) is 89.3 Å². The predicted molar refractivity (Wildman–Crippen MR) is 230 cm³/mol. The van der Waals surface area contributed by atoms with Crippen molar-refractivity contribution in [3.63, 3.8) is 0 Å². The number of hydrogen-bond acceptors (Lipinski definition) is 8. The van der Waals surface area contributed by atoms with Crippen molar-refractivity contribution in [2.24, 2.45) is 11.8 Å². The van der Waals surface area contributed by atoms with Crippen molar-refractivity contribution >= 4 is 69.6 Å². The maximum atomic E-state index is 13.4. The van der Waals surface area contributed by atoms with Crippen LogP contribution in [0.1, 0.15) is 109 Å². The lowest BCUT2D eigenvalue weighted by molar-refractivity contribution is -0.140. The van der Waals surface area contributed by atoms with E-state index in [0.717, 1.165) is 127 Å².